The van der Waals surface area contributed by atoms with Crippen LogP contribution in [0.5, 0.6) is 0 Å². The van der Waals surface area contributed by atoms with E-state index >= 15 is 8.78 Å². The van der Waals surface area contributed by atoms with Gasteiger partial charge in [0.1, 0.15) is 5.82 Å². The molecule has 0 spiro atoms. The maximum Gasteiger partial charge on any atom is 0.340 e. The molecule has 0 saturated carbocycles. The molecule has 0 aromatic heterocycles. The Balaban J connectivity index is 1.98. The molecule has 0 aliphatic carbocycles. The van der Waals surface area contributed by atoms with Crippen molar-refractivity contribution >= 4 is 11.7 Å². The fourth-order valence-corrected chi connectivity index (χ4v) is 3.64. The summed E-state index contributed by atoms with van der Waals surface area (Å²) in [5.74, 6) is -7.16. The normalized spacial score (nSPS) is 18.5. The second kappa shape index (κ2) is 6.34. The third kappa shape index (κ3) is 2.45. The Morgan fingerprint density at radius 1 is 0.893 bits per heavy atom. The maximum absolute atomic E-state index is 15.8. The maximum atomic E-state index is 15.8. The van der Waals surface area contributed by atoms with E-state index in [-0.39, 0.29) is 16.7 Å². The molecule has 0 saturated heterocycles. The molecule has 1 N–H and O–H groups in total. The molecule has 4 rings (SSSR count). The van der Waals surface area contributed by atoms with E-state index in [0.29, 0.717) is 0 Å². The molecule has 1 aliphatic heterocycles. The minimum absolute atomic E-state index is 0.000882. The quantitative estimate of drug-likeness (QED) is 0.684. The van der Waals surface area contributed by atoms with Crippen molar-refractivity contribution in [3.63, 3.8) is 0 Å². The molecule has 1 aliphatic rings. The summed E-state index contributed by atoms with van der Waals surface area (Å²) in [4.78, 5) is 25.3. The number of rotatable bonds is 4. The van der Waals surface area contributed by atoms with E-state index in [1.807, 2.05) is 0 Å². The fraction of sp³-hybridized carbons (Fsp3) is 0.0909. The lowest BCUT2D eigenvalue weighted by Crippen LogP contribution is -2.58. The van der Waals surface area contributed by atoms with E-state index in [1.165, 1.54) is 36.4 Å². The summed E-state index contributed by atoms with van der Waals surface area (Å²) in [6, 6.07) is 17.6. The van der Waals surface area contributed by atoms with Crippen molar-refractivity contribution in [3.8, 4) is 0 Å². The molecule has 3 aromatic rings. The van der Waals surface area contributed by atoms with Gasteiger partial charge in [-0.2, -0.15) is 8.78 Å². The van der Waals surface area contributed by atoms with Crippen LogP contribution in [-0.4, -0.2) is 17.6 Å². The smallest absolute Gasteiger partial charge is 0.333 e. The molecule has 1 atom stereocenters. The monoisotopic (exact) mass is 381 g/mol. The molecule has 3 nitrogen and oxygen atoms in total. The number of carbonyl (C=O) groups is 2. The summed E-state index contributed by atoms with van der Waals surface area (Å²) in [5.41, 5.74) is -2.74. The lowest BCUT2D eigenvalue weighted by atomic mass is 9.75. The number of alkyl halides is 2. The summed E-state index contributed by atoms with van der Waals surface area (Å²) < 4.78 is 45.2. The van der Waals surface area contributed by atoms with Gasteiger partial charge >= 0.3 is 5.92 Å². The second-order valence-corrected chi connectivity index (χ2v) is 6.53. The fourth-order valence-electron chi connectivity index (χ4n) is 3.64. The van der Waals surface area contributed by atoms with Gasteiger partial charge in [-0.15, -0.1) is 0 Å². The third-order valence-corrected chi connectivity index (χ3v) is 4.93. The Kier molecular flexibility index (Phi) is 4.07. The molecule has 3 aromatic carbocycles. The number of nitrogens with one attached hydrogen (secondary N) is 1. The van der Waals surface area contributed by atoms with Crippen LogP contribution in [0.2, 0.25) is 0 Å². The van der Waals surface area contributed by atoms with Gasteiger partial charge in [-0.05, 0) is 23.8 Å². The van der Waals surface area contributed by atoms with E-state index in [4.69, 9.17) is 0 Å². The van der Waals surface area contributed by atoms with Gasteiger partial charge in [0, 0.05) is 16.7 Å². The molecule has 1 heterocycles. The molecular weight excluding hydrogens is 367 g/mol. The van der Waals surface area contributed by atoms with Crippen LogP contribution in [-0.2, 0) is 5.54 Å². The van der Waals surface area contributed by atoms with Crippen LogP contribution >= 0.6 is 0 Å². The zero-order valence-electron chi connectivity index (χ0n) is 14.5. The number of amides is 1. The Morgan fingerprint density at radius 3 is 2.29 bits per heavy atom. The Morgan fingerprint density at radius 2 is 1.57 bits per heavy atom. The van der Waals surface area contributed by atoms with E-state index in [1.54, 1.807) is 24.3 Å². The van der Waals surface area contributed by atoms with Crippen LogP contribution < -0.4 is 5.32 Å². The molecule has 0 bridgehead atoms. The first-order chi connectivity index (χ1) is 13.4. The van der Waals surface area contributed by atoms with Crippen LogP contribution in [0.25, 0.3) is 0 Å². The standard InChI is InChI=1S/C22H14F3NO2/c23-16-10-6-7-14(13-16)19(27)22(24,25)21(15-8-2-1-3-9-15)18-12-5-4-11-17(18)20(28)26-21/h1-13H,(H,26,28). The lowest BCUT2D eigenvalue weighted by molar-refractivity contribution is -0.0411. The topological polar surface area (TPSA) is 46.2 Å². The van der Waals surface area contributed by atoms with E-state index in [9.17, 15) is 14.0 Å². The molecule has 140 valence electrons. The third-order valence-electron chi connectivity index (χ3n) is 4.93. The minimum atomic E-state index is -4.08. The van der Waals surface area contributed by atoms with Crippen molar-refractivity contribution < 1.29 is 22.8 Å². The van der Waals surface area contributed by atoms with Gasteiger partial charge in [0.2, 0.25) is 5.78 Å². The van der Waals surface area contributed by atoms with Crippen LogP contribution in [0.1, 0.15) is 31.8 Å². The van der Waals surface area contributed by atoms with Crippen molar-refractivity contribution in [1.82, 2.24) is 5.32 Å². The number of fused-ring (bicyclic) bond motifs is 1. The van der Waals surface area contributed by atoms with Crippen LogP contribution in [0.4, 0.5) is 13.2 Å². The molecule has 1 unspecified atom stereocenters. The Labute approximate surface area is 158 Å². The number of hydrogen-bond acceptors (Lipinski definition) is 2. The molecule has 6 heteroatoms. The zero-order valence-corrected chi connectivity index (χ0v) is 14.5. The van der Waals surface area contributed by atoms with Gasteiger partial charge < -0.3 is 5.32 Å². The highest BCUT2D eigenvalue weighted by Crippen LogP contribution is 2.49. The average Bonchev–Trinajstić information content (AvgIpc) is 3.02. The minimum Gasteiger partial charge on any atom is -0.333 e. The highest BCUT2D eigenvalue weighted by atomic mass is 19.3. The van der Waals surface area contributed by atoms with Crippen molar-refractivity contribution in [2.24, 2.45) is 0 Å². The number of ketones is 1. The van der Waals surface area contributed by atoms with Crippen LogP contribution in [0, 0.1) is 5.82 Å². The summed E-state index contributed by atoms with van der Waals surface area (Å²) in [7, 11) is 0. The summed E-state index contributed by atoms with van der Waals surface area (Å²) >= 11 is 0. The lowest BCUT2D eigenvalue weighted by Gasteiger charge is -2.37. The first-order valence-electron chi connectivity index (χ1n) is 8.53. The van der Waals surface area contributed by atoms with E-state index in [0.717, 1.165) is 18.2 Å². The van der Waals surface area contributed by atoms with E-state index in [2.05, 4.69) is 5.32 Å². The summed E-state index contributed by atoms with van der Waals surface area (Å²) in [5, 5.41) is 2.35. The first kappa shape index (κ1) is 18.0. The number of halogens is 3. The Hall–Kier alpha value is -3.41. The predicted octanol–water partition coefficient (Wildman–Crippen LogP) is 4.33. The second-order valence-electron chi connectivity index (χ2n) is 6.53. The van der Waals surface area contributed by atoms with Crippen molar-refractivity contribution in [2.45, 2.75) is 11.5 Å². The van der Waals surface area contributed by atoms with Gasteiger partial charge in [-0.1, -0.05) is 60.7 Å². The van der Waals surface area contributed by atoms with Crippen LogP contribution in [0.3, 0.4) is 0 Å². The molecule has 1 amide bonds. The van der Waals surface area contributed by atoms with Gasteiger partial charge in [0.25, 0.3) is 5.91 Å². The number of carbonyl (C=O) groups excluding carboxylic acids is 2. The average molecular weight is 381 g/mol. The van der Waals surface area contributed by atoms with Gasteiger partial charge in [0.05, 0.1) is 0 Å². The van der Waals surface area contributed by atoms with Gasteiger partial charge in [0.15, 0.2) is 5.54 Å². The largest absolute Gasteiger partial charge is 0.340 e. The highest BCUT2D eigenvalue weighted by Gasteiger charge is 2.65. The molecule has 0 radical (unpaired) electrons. The summed E-state index contributed by atoms with van der Waals surface area (Å²) in [6.07, 6.45) is 0. The highest BCUT2D eigenvalue weighted by molar-refractivity contribution is 6.07. The molecule has 0 fully saturated rings. The Bertz CT molecular complexity index is 1080. The molecular formula is C22H14F3NO2. The van der Waals surface area contributed by atoms with Crippen LogP contribution in [0.15, 0.2) is 78.9 Å². The van der Waals surface area contributed by atoms with Crippen molar-refractivity contribution in [2.75, 3.05) is 0 Å². The van der Waals surface area contributed by atoms with E-state index < -0.39 is 34.5 Å². The van der Waals surface area contributed by atoms with Gasteiger partial charge in [-0.3, -0.25) is 9.59 Å². The first-order valence-corrected chi connectivity index (χ1v) is 8.53. The molecule has 28 heavy (non-hydrogen) atoms. The SMILES string of the molecule is O=C1NC(c2ccccc2)(C(F)(F)C(=O)c2cccc(F)c2)c2ccccc21. The van der Waals surface area contributed by atoms with Gasteiger partial charge in [-0.25, -0.2) is 4.39 Å². The number of benzene rings is 3. The predicted molar refractivity (Wildman–Crippen MR) is 96.8 cm³/mol. The van der Waals surface area contributed by atoms with Crippen molar-refractivity contribution in [1.29, 1.82) is 0 Å². The zero-order chi connectivity index (χ0) is 19.9. The number of hydrogen-bond donors (Lipinski definition) is 1. The van der Waals surface area contributed by atoms with Crippen molar-refractivity contribution in [3.05, 3.63) is 107 Å². The number of Topliss-reactive ketones (excluding diaryl/α,β-unsaturated/α-hetero) is 1. The summed E-state index contributed by atoms with van der Waals surface area (Å²) in [6.45, 7) is 0.